The smallest absolute Gasteiger partial charge is 0.237 e. The molecular formula is C20H23FN2O3S. The van der Waals surface area contributed by atoms with Crippen LogP contribution in [0, 0.1) is 12.7 Å². The topological polar surface area (TPSA) is 66.5 Å². The second kappa shape index (κ2) is 7.68. The molecule has 1 amide bonds. The van der Waals surface area contributed by atoms with Crippen LogP contribution in [0.2, 0.25) is 0 Å². The molecule has 0 aliphatic carbocycles. The molecule has 0 saturated heterocycles. The molecular weight excluding hydrogens is 367 g/mol. The summed E-state index contributed by atoms with van der Waals surface area (Å²) in [5, 5.41) is 0. The van der Waals surface area contributed by atoms with E-state index in [0.29, 0.717) is 30.6 Å². The van der Waals surface area contributed by atoms with E-state index >= 15 is 0 Å². The highest BCUT2D eigenvalue weighted by Gasteiger charge is 2.26. The van der Waals surface area contributed by atoms with Crippen molar-refractivity contribution in [3.63, 3.8) is 0 Å². The summed E-state index contributed by atoms with van der Waals surface area (Å²) in [5.74, 6) is -0.946. The molecule has 0 unspecified atom stereocenters. The van der Waals surface area contributed by atoms with Crippen molar-refractivity contribution in [2.75, 3.05) is 16.2 Å². The predicted molar refractivity (Wildman–Crippen MR) is 105 cm³/mol. The third-order valence-electron chi connectivity index (χ3n) is 4.56. The summed E-state index contributed by atoms with van der Waals surface area (Å²) in [6, 6.07) is 9.92. The second-order valence-corrected chi connectivity index (χ2v) is 8.58. The Labute approximate surface area is 159 Å². The Morgan fingerprint density at radius 1 is 1.15 bits per heavy atom. The van der Waals surface area contributed by atoms with E-state index in [2.05, 4.69) is 4.72 Å². The van der Waals surface area contributed by atoms with Gasteiger partial charge in [-0.2, -0.15) is 0 Å². The zero-order chi connectivity index (χ0) is 19.6. The van der Waals surface area contributed by atoms with Crippen LogP contribution < -0.4 is 9.62 Å². The molecule has 2 aromatic carbocycles. The molecule has 2 aromatic rings. The molecule has 1 N–H and O–H groups in total. The van der Waals surface area contributed by atoms with Crippen LogP contribution in [0.4, 0.5) is 15.8 Å². The van der Waals surface area contributed by atoms with E-state index in [1.54, 1.807) is 17.0 Å². The number of rotatable bonds is 6. The Morgan fingerprint density at radius 2 is 1.85 bits per heavy atom. The minimum absolute atomic E-state index is 0.0311. The number of benzene rings is 2. The van der Waals surface area contributed by atoms with Crippen molar-refractivity contribution in [1.82, 2.24) is 0 Å². The third-order valence-corrected chi connectivity index (χ3v) is 5.80. The summed E-state index contributed by atoms with van der Waals surface area (Å²) < 4.78 is 41.8. The number of sulfonamides is 1. The van der Waals surface area contributed by atoms with Gasteiger partial charge in [0.1, 0.15) is 5.82 Å². The molecule has 0 atom stereocenters. The van der Waals surface area contributed by atoms with Crippen LogP contribution >= 0.6 is 0 Å². The van der Waals surface area contributed by atoms with Gasteiger partial charge in [-0.15, -0.1) is 0 Å². The van der Waals surface area contributed by atoms with Gasteiger partial charge in [-0.1, -0.05) is 36.8 Å². The molecule has 0 radical (unpaired) electrons. The fraction of sp³-hybridized carbons (Fsp3) is 0.350. The summed E-state index contributed by atoms with van der Waals surface area (Å²) in [6.45, 7) is 4.39. The normalized spacial score (nSPS) is 14.2. The van der Waals surface area contributed by atoms with Gasteiger partial charge in [-0.05, 0) is 37.0 Å². The van der Waals surface area contributed by atoms with Gasteiger partial charge in [-0.25, -0.2) is 12.8 Å². The van der Waals surface area contributed by atoms with Gasteiger partial charge in [0.25, 0.3) is 0 Å². The van der Waals surface area contributed by atoms with Crippen LogP contribution in [0.3, 0.4) is 0 Å². The van der Waals surface area contributed by atoms with Crippen LogP contribution in [0.15, 0.2) is 36.4 Å². The third kappa shape index (κ3) is 4.47. The van der Waals surface area contributed by atoms with Gasteiger partial charge < -0.3 is 4.90 Å². The molecule has 0 bridgehead atoms. The number of anilines is 2. The summed E-state index contributed by atoms with van der Waals surface area (Å²) in [6.07, 6.45) is 1.58. The molecule has 144 valence electrons. The first-order valence-corrected chi connectivity index (χ1v) is 10.6. The van der Waals surface area contributed by atoms with Crippen molar-refractivity contribution in [2.45, 2.75) is 38.9 Å². The Morgan fingerprint density at radius 3 is 2.52 bits per heavy atom. The highest BCUT2D eigenvalue weighted by atomic mass is 32.2. The molecule has 3 rings (SSSR count). The van der Waals surface area contributed by atoms with Crippen LogP contribution in [0.1, 0.15) is 36.5 Å². The van der Waals surface area contributed by atoms with E-state index in [1.807, 2.05) is 26.0 Å². The highest BCUT2D eigenvalue weighted by molar-refractivity contribution is 7.91. The summed E-state index contributed by atoms with van der Waals surface area (Å²) in [4.78, 5) is 13.7. The Kier molecular flexibility index (Phi) is 5.51. The Hall–Kier alpha value is -2.41. The van der Waals surface area contributed by atoms with Crippen molar-refractivity contribution in [3.05, 3.63) is 58.9 Å². The lowest BCUT2D eigenvalue weighted by Crippen LogP contribution is -2.35. The Balaban J connectivity index is 1.85. The van der Waals surface area contributed by atoms with E-state index in [9.17, 15) is 17.6 Å². The van der Waals surface area contributed by atoms with Gasteiger partial charge >= 0.3 is 0 Å². The van der Waals surface area contributed by atoms with Crippen LogP contribution in [0.25, 0.3) is 0 Å². The maximum absolute atomic E-state index is 14.6. The zero-order valence-corrected chi connectivity index (χ0v) is 16.3. The number of carbonyl (C=O) groups excluding carboxylic acids is 1. The van der Waals surface area contributed by atoms with Gasteiger partial charge in [0.05, 0.1) is 11.4 Å². The number of hydrogen-bond donors (Lipinski definition) is 1. The SMILES string of the molecule is CCCN1C(=O)CCc2cc(NS(=O)(=O)Cc3ccc(C)cc3)c(F)cc21. The molecule has 0 fully saturated rings. The number of hydrogen-bond acceptors (Lipinski definition) is 3. The van der Waals surface area contributed by atoms with Crippen LogP contribution in [0.5, 0.6) is 0 Å². The Bertz CT molecular complexity index is 956. The zero-order valence-electron chi connectivity index (χ0n) is 15.5. The number of carbonyl (C=O) groups is 1. The molecule has 27 heavy (non-hydrogen) atoms. The molecule has 7 heteroatoms. The second-order valence-electron chi connectivity index (χ2n) is 6.85. The first kappa shape index (κ1) is 19.4. The molecule has 0 saturated carbocycles. The summed E-state index contributed by atoms with van der Waals surface area (Å²) in [7, 11) is -3.75. The molecule has 0 spiro atoms. The quantitative estimate of drug-likeness (QED) is 0.817. The largest absolute Gasteiger partial charge is 0.312 e. The summed E-state index contributed by atoms with van der Waals surface area (Å²) in [5.41, 5.74) is 2.90. The van der Waals surface area contributed by atoms with Crippen LogP contribution in [-0.4, -0.2) is 20.9 Å². The lowest BCUT2D eigenvalue weighted by molar-refractivity contribution is -0.118. The van der Waals surface area contributed by atoms with Gasteiger partial charge in [0, 0.05) is 24.7 Å². The standard InChI is InChI=1S/C20H23FN2O3S/c1-3-10-23-19-12-17(21)18(11-16(19)8-9-20(23)24)22-27(25,26)13-15-6-4-14(2)5-7-15/h4-7,11-12,22H,3,8-10,13H2,1-2H3. The minimum Gasteiger partial charge on any atom is -0.312 e. The van der Waals surface area contributed by atoms with Gasteiger partial charge in [0.2, 0.25) is 15.9 Å². The number of fused-ring (bicyclic) bond motifs is 1. The predicted octanol–water partition coefficient (Wildman–Crippen LogP) is 3.77. The lowest BCUT2D eigenvalue weighted by atomic mass is 10.00. The highest BCUT2D eigenvalue weighted by Crippen LogP contribution is 2.33. The summed E-state index contributed by atoms with van der Waals surface area (Å²) >= 11 is 0. The maximum Gasteiger partial charge on any atom is 0.237 e. The molecule has 1 aliphatic heterocycles. The fourth-order valence-electron chi connectivity index (χ4n) is 3.22. The first-order chi connectivity index (χ1) is 12.8. The van der Waals surface area contributed by atoms with E-state index in [1.165, 1.54) is 12.1 Å². The van der Waals surface area contributed by atoms with Crippen molar-refractivity contribution in [3.8, 4) is 0 Å². The van der Waals surface area contributed by atoms with E-state index < -0.39 is 15.8 Å². The van der Waals surface area contributed by atoms with E-state index in [-0.39, 0.29) is 17.3 Å². The minimum atomic E-state index is -3.75. The maximum atomic E-state index is 14.6. The number of nitrogens with one attached hydrogen (secondary N) is 1. The van der Waals surface area contributed by atoms with Gasteiger partial charge in [-0.3, -0.25) is 9.52 Å². The molecule has 5 nitrogen and oxygen atoms in total. The number of nitrogens with zero attached hydrogens (tertiary/aromatic N) is 1. The van der Waals surface area contributed by atoms with E-state index in [4.69, 9.17) is 0 Å². The molecule has 1 aliphatic rings. The fourth-order valence-corrected chi connectivity index (χ4v) is 4.42. The average Bonchev–Trinajstić information content (AvgIpc) is 2.60. The molecule has 0 aromatic heterocycles. The van der Waals surface area contributed by atoms with Crippen molar-refractivity contribution < 1.29 is 17.6 Å². The number of aryl methyl sites for hydroxylation is 2. The molecule has 1 heterocycles. The number of amides is 1. The van der Waals surface area contributed by atoms with Crippen molar-refractivity contribution in [2.24, 2.45) is 0 Å². The average molecular weight is 390 g/mol. The number of halogens is 1. The monoisotopic (exact) mass is 390 g/mol. The lowest BCUT2D eigenvalue weighted by Gasteiger charge is -2.29. The van der Waals surface area contributed by atoms with E-state index in [0.717, 1.165) is 17.5 Å². The van der Waals surface area contributed by atoms with Crippen LogP contribution in [-0.2, 0) is 27.0 Å². The van der Waals surface area contributed by atoms with Crippen molar-refractivity contribution >= 4 is 27.3 Å². The first-order valence-electron chi connectivity index (χ1n) is 8.98. The van der Waals surface area contributed by atoms with Crippen molar-refractivity contribution in [1.29, 1.82) is 0 Å². The van der Waals surface area contributed by atoms with Gasteiger partial charge in [0.15, 0.2) is 0 Å².